The Kier molecular flexibility index (Phi) is 10.1. The van der Waals surface area contributed by atoms with Crippen molar-refractivity contribution in [3.05, 3.63) is 148 Å². The Morgan fingerprint density at radius 2 is 1.39 bits per heavy atom. The van der Waals surface area contributed by atoms with Gasteiger partial charge in [-0.15, -0.1) is 0 Å². The van der Waals surface area contributed by atoms with E-state index < -0.39 is 0 Å². The number of hydrogen-bond donors (Lipinski definition) is 0. The molecule has 1 saturated heterocycles. The molecule has 41 heavy (non-hydrogen) atoms. The van der Waals surface area contributed by atoms with E-state index in [0.717, 1.165) is 45.7 Å². The van der Waals surface area contributed by atoms with Gasteiger partial charge in [0.05, 0.1) is 25.4 Å². The van der Waals surface area contributed by atoms with E-state index in [-0.39, 0.29) is 30.3 Å². The highest BCUT2D eigenvalue weighted by molar-refractivity contribution is 6.31. The average Bonchev–Trinajstić information content (AvgIpc) is 3.02. The molecule has 0 unspecified atom stereocenters. The van der Waals surface area contributed by atoms with Crippen LogP contribution in [0.3, 0.4) is 0 Å². The molecule has 4 aromatic carbocycles. The Morgan fingerprint density at radius 3 is 1.98 bits per heavy atom. The summed E-state index contributed by atoms with van der Waals surface area (Å²) >= 11 is 6.73. The van der Waals surface area contributed by atoms with Crippen LogP contribution in [-0.4, -0.2) is 18.3 Å². The van der Waals surface area contributed by atoms with Crippen LogP contribution in [0.5, 0.6) is 0 Å². The van der Waals surface area contributed by atoms with Crippen LogP contribution < -0.4 is 0 Å². The topological polar surface area (TPSA) is 27.7 Å². The maximum absolute atomic E-state index is 6.83. The quantitative estimate of drug-likeness (QED) is 0.181. The van der Waals surface area contributed by atoms with Crippen molar-refractivity contribution in [1.82, 2.24) is 0 Å². The zero-order valence-electron chi connectivity index (χ0n) is 23.9. The molecule has 1 aliphatic rings. The largest absolute Gasteiger partial charge is 0.370 e. The van der Waals surface area contributed by atoms with E-state index in [1.54, 1.807) is 0 Å². The second kappa shape index (κ2) is 14.1. The molecule has 0 aliphatic carbocycles. The lowest BCUT2D eigenvalue weighted by atomic mass is 9.84. The van der Waals surface area contributed by atoms with Gasteiger partial charge in [-0.25, -0.2) is 0 Å². The lowest BCUT2D eigenvalue weighted by Gasteiger charge is -2.46. The Bertz CT molecular complexity index is 1390. The molecule has 0 aromatic heterocycles. The first-order valence-electron chi connectivity index (χ1n) is 14.5. The first-order valence-corrected chi connectivity index (χ1v) is 14.9. The molecule has 1 aliphatic heterocycles. The van der Waals surface area contributed by atoms with Gasteiger partial charge in [-0.1, -0.05) is 135 Å². The Balaban J connectivity index is 1.46. The van der Waals surface area contributed by atoms with E-state index in [9.17, 15) is 0 Å². The highest BCUT2D eigenvalue weighted by Gasteiger charge is 2.45. The van der Waals surface area contributed by atoms with Crippen molar-refractivity contribution in [2.24, 2.45) is 5.92 Å². The zero-order chi connectivity index (χ0) is 28.6. The lowest BCUT2D eigenvalue weighted by molar-refractivity contribution is -0.234. The molecule has 5 rings (SSSR count). The van der Waals surface area contributed by atoms with Crippen LogP contribution in [-0.2, 0) is 33.8 Å². The molecule has 1 fully saturated rings. The molecule has 1 heterocycles. The van der Waals surface area contributed by atoms with Crippen molar-refractivity contribution in [2.45, 2.75) is 64.3 Å². The predicted molar refractivity (Wildman–Crippen MR) is 168 cm³/mol. The number of halogens is 1. The molecular weight excluding hydrogens is 528 g/mol. The Morgan fingerprint density at radius 1 is 0.780 bits per heavy atom. The summed E-state index contributed by atoms with van der Waals surface area (Å²) in [5, 5.41) is 0.747. The van der Waals surface area contributed by atoms with Crippen LogP contribution in [0.2, 0.25) is 5.02 Å². The average molecular weight is 567 g/mol. The maximum atomic E-state index is 6.83. The third-order valence-electron chi connectivity index (χ3n) is 8.03. The van der Waals surface area contributed by atoms with Crippen LogP contribution in [0, 0.1) is 5.92 Å². The summed E-state index contributed by atoms with van der Waals surface area (Å²) in [7, 11) is 0. The first-order chi connectivity index (χ1) is 20.1. The van der Waals surface area contributed by atoms with Crippen molar-refractivity contribution in [1.29, 1.82) is 0 Å². The number of rotatable bonds is 11. The second-order valence-corrected chi connectivity index (χ2v) is 11.3. The Labute approximate surface area is 249 Å². The molecule has 0 radical (unpaired) electrons. The van der Waals surface area contributed by atoms with Crippen molar-refractivity contribution < 1.29 is 14.2 Å². The van der Waals surface area contributed by atoms with Crippen LogP contribution in [0.4, 0.5) is 0 Å². The summed E-state index contributed by atoms with van der Waals surface area (Å²) in [6, 6.07) is 35.3. The normalized spacial score (nSPS) is 22.4. The van der Waals surface area contributed by atoms with Crippen molar-refractivity contribution in [3.8, 4) is 0 Å². The predicted octanol–water partition coefficient (Wildman–Crippen LogP) is 9.23. The summed E-state index contributed by atoms with van der Waals surface area (Å²) in [6.07, 6.45) is 2.79. The van der Waals surface area contributed by atoms with E-state index >= 15 is 0 Å². The van der Waals surface area contributed by atoms with Crippen LogP contribution >= 0.6 is 11.6 Å². The molecule has 212 valence electrons. The second-order valence-electron chi connectivity index (χ2n) is 10.9. The zero-order valence-corrected chi connectivity index (χ0v) is 24.7. The van der Waals surface area contributed by atoms with Gasteiger partial charge in [0.15, 0.2) is 0 Å². The minimum absolute atomic E-state index is 0.0444. The van der Waals surface area contributed by atoms with Gasteiger partial charge in [-0.05, 0) is 52.3 Å². The molecule has 4 aromatic rings. The van der Waals surface area contributed by atoms with Gasteiger partial charge in [0, 0.05) is 10.9 Å². The van der Waals surface area contributed by atoms with Gasteiger partial charge < -0.3 is 14.2 Å². The summed E-state index contributed by atoms with van der Waals surface area (Å²) in [5.74, 6) is 0.163. The maximum Gasteiger partial charge on any atom is 0.115 e. The monoisotopic (exact) mass is 566 g/mol. The van der Waals surface area contributed by atoms with Crippen molar-refractivity contribution in [3.63, 3.8) is 0 Å². The SMILES string of the molecule is C=Cc1ccc(Cc2cc([C@@H]3O[C@H](CC)[C@@H](C)[C@H](OCc4ccccc4)[C@H]3OCc3ccccc3)ccc2Cl)cc1. The fraction of sp³-hybridized carbons (Fsp3) is 0.297. The van der Waals surface area contributed by atoms with Gasteiger partial charge in [0.2, 0.25) is 0 Å². The molecular formula is C37H39ClO3. The minimum Gasteiger partial charge on any atom is -0.370 e. The molecule has 0 saturated carbocycles. The smallest absolute Gasteiger partial charge is 0.115 e. The van der Waals surface area contributed by atoms with Crippen LogP contribution in [0.1, 0.15) is 59.8 Å². The molecule has 0 amide bonds. The van der Waals surface area contributed by atoms with Crippen LogP contribution in [0.25, 0.3) is 6.08 Å². The fourth-order valence-corrected chi connectivity index (χ4v) is 5.85. The van der Waals surface area contributed by atoms with Gasteiger partial charge in [-0.3, -0.25) is 0 Å². The summed E-state index contributed by atoms with van der Waals surface area (Å²) in [6.45, 7) is 9.27. The highest BCUT2D eigenvalue weighted by atomic mass is 35.5. The molecule has 0 spiro atoms. The van der Waals surface area contributed by atoms with E-state index in [1.165, 1.54) is 5.56 Å². The first kappa shape index (κ1) is 29.3. The third-order valence-corrected chi connectivity index (χ3v) is 8.40. The van der Waals surface area contributed by atoms with Gasteiger partial charge in [0.25, 0.3) is 0 Å². The summed E-state index contributed by atoms with van der Waals surface area (Å²) in [4.78, 5) is 0. The van der Waals surface area contributed by atoms with Crippen molar-refractivity contribution in [2.75, 3.05) is 0 Å². The van der Waals surface area contributed by atoms with E-state index in [4.69, 9.17) is 25.8 Å². The number of benzene rings is 4. The number of ether oxygens (including phenoxy) is 3. The molecule has 3 nitrogen and oxygen atoms in total. The van der Waals surface area contributed by atoms with Gasteiger partial charge in [-0.2, -0.15) is 0 Å². The van der Waals surface area contributed by atoms with E-state index in [1.807, 2.05) is 48.5 Å². The highest BCUT2D eigenvalue weighted by Crippen LogP contribution is 2.41. The number of hydrogen-bond acceptors (Lipinski definition) is 3. The van der Waals surface area contributed by atoms with Gasteiger partial charge >= 0.3 is 0 Å². The summed E-state index contributed by atoms with van der Waals surface area (Å²) in [5.41, 5.74) is 6.69. The third kappa shape index (κ3) is 7.36. The van der Waals surface area contributed by atoms with E-state index in [0.29, 0.717) is 13.2 Å². The molecule has 4 heteroatoms. The molecule has 0 N–H and O–H groups in total. The molecule has 5 atom stereocenters. The van der Waals surface area contributed by atoms with Gasteiger partial charge in [0.1, 0.15) is 12.2 Å². The van der Waals surface area contributed by atoms with Crippen molar-refractivity contribution >= 4 is 17.7 Å². The Hall–Kier alpha value is -3.21. The van der Waals surface area contributed by atoms with E-state index in [2.05, 4.69) is 81.1 Å². The van der Waals surface area contributed by atoms with Crippen LogP contribution in [0.15, 0.2) is 110 Å². The minimum atomic E-state index is -0.294. The molecule has 0 bridgehead atoms. The lowest BCUT2D eigenvalue weighted by Crippen LogP contribution is -2.51. The fourth-order valence-electron chi connectivity index (χ4n) is 5.67. The standard InChI is InChI=1S/C37H39ClO3/c1-4-27-16-18-28(19-17-27)22-32-23-31(20-21-33(32)38)36-37(40-25-30-14-10-7-11-15-30)35(26(3)34(5-2)41-36)39-24-29-12-8-6-9-13-29/h4,6-21,23,26,34-37H,1,5,22,24-25H2,2-3H3/t26-,34-,35+,36+,37-/m1/s1. The summed E-state index contributed by atoms with van der Waals surface area (Å²) < 4.78 is 20.3.